The summed E-state index contributed by atoms with van der Waals surface area (Å²) in [5.74, 6) is 1.11. The van der Waals surface area contributed by atoms with Crippen LogP contribution in [0.2, 0.25) is 0 Å². The van der Waals surface area contributed by atoms with E-state index >= 15 is 0 Å². The van der Waals surface area contributed by atoms with Gasteiger partial charge in [0.05, 0.1) is 23.5 Å². The van der Waals surface area contributed by atoms with E-state index in [1.807, 2.05) is 30.3 Å². The second-order valence-electron chi connectivity index (χ2n) is 6.28. The Balaban J connectivity index is 1.65. The summed E-state index contributed by atoms with van der Waals surface area (Å²) in [5, 5.41) is 17.2. The summed E-state index contributed by atoms with van der Waals surface area (Å²) in [5.41, 5.74) is 3.10. The molecule has 0 unspecified atom stereocenters. The lowest BCUT2D eigenvalue weighted by Gasteiger charge is -2.22. The molecule has 3 aromatic rings. The van der Waals surface area contributed by atoms with Gasteiger partial charge in [0, 0.05) is 24.4 Å². The van der Waals surface area contributed by atoms with Crippen LogP contribution in [0.1, 0.15) is 31.2 Å². The van der Waals surface area contributed by atoms with Gasteiger partial charge in [-0.2, -0.15) is 5.26 Å². The maximum absolute atomic E-state index is 11.4. The van der Waals surface area contributed by atoms with Crippen LogP contribution < -0.4 is 5.32 Å². The first kappa shape index (κ1) is 15.3. The van der Waals surface area contributed by atoms with Crippen LogP contribution in [0.25, 0.3) is 16.9 Å². The molecular weight excluding hydrogens is 314 g/mol. The maximum atomic E-state index is 11.4. The lowest BCUT2D eigenvalue weighted by molar-refractivity contribution is -0.120. The number of rotatable bonds is 3. The van der Waals surface area contributed by atoms with Gasteiger partial charge in [0.2, 0.25) is 0 Å². The zero-order chi connectivity index (χ0) is 17.2. The molecule has 6 heteroatoms. The van der Waals surface area contributed by atoms with Crippen molar-refractivity contribution in [3.05, 3.63) is 48.2 Å². The van der Waals surface area contributed by atoms with E-state index in [1.54, 1.807) is 16.8 Å². The molecule has 0 amide bonds. The van der Waals surface area contributed by atoms with Crippen molar-refractivity contribution in [1.29, 1.82) is 5.26 Å². The zero-order valence-electron chi connectivity index (χ0n) is 13.6. The van der Waals surface area contributed by atoms with Gasteiger partial charge in [-0.15, -0.1) is 5.10 Å². The summed E-state index contributed by atoms with van der Waals surface area (Å²) in [6, 6.07) is 13.7. The highest BCUT2D eigenvalue weighted by molar-refractivity contribution is 5.79. The number of anilines is 1. The third-order valence-corrected chi connectivity index (χ3v) is 4.55. The van der Waals surface area contributed by atoms with Crippen LogP contribution >= 0.6 is 0 Å². The molecule has 0 radical (unpaired) electrons. The van der Waals surface area contributed by atoms with Crippen molar-refractivity contribution in [1.82, 2.24) is 14.6 Å². The predicted octanol–water partition coefficient (Wildman–Crippen LogP) is 3.19. The molecule has 0 aliphatic heterocycles. The Morgan fingerprint density at radius 2 is 2.04 bits per heavy atom. The highest BCUT2D eigenvalue weighted by Crippen LogP contribution is 2.23. The quantitative estimate of drug-likeness (QED) is 0.797. The van der Waals surface area contributed by atoms with Crippen LogP contribution in [0.4, 0.5) is 5.82 Å². The van der Waals surface area contributed by atoms with E-state index in [0.717, 1.165) is 35.6 Å². The van der Waals surface area contributed by atoms with Gasteiger partial charge in [-0.05, 0) is 37.1 Å². The number of carbonyl (C=O) groups is 1. The Labute approximate surface area is 145 Å². The fourth-order valence-corrected chi connectivity index (χ4v) is 3.19. The van der Waals surface area contributed by atoms with Crippen LogP contribution in [0.3, 0.4) is 0 Å². The number of aromatic nitrogens is 3. The van der Waals surface area contributed by atoms with Gasteiger partial charge in [0.15, 0.2) is 5.65 Å². The van der Waals surface area contributed by atoms with E-state index in [0.29, 0.717) is 24.2 Å². The molecule has 0 atom stereocenters. The van der Waals surface area contributed by atoms with E-state index in [4.69, 9.17) is 5.26 Å². The van der Waals surface area contributed by atoms with Gasteiger partial charge in [-0.25, -0.2) is 9.50 Å². The topological polar surface area (TPSA) is 83.1 Å². The summed E-state index contributed by atoms with van der Waals surface area (Å²) >= 11 is 0. The number of hydrogen-bond acceptors (Lipinski definition) is 5. The normalized spacial score (nSPS) is 15.2. The standard InChI is InChI=1S/C19H17N5O/c20-11-13-2-1-3-14(10-13)17-12-21-19-9-8-18(23-24(17)19)22-15-4-6-16(25)7-5-15/h1-3,8-10,12,15H,4-7H2,(H,22,23). The summed E-state index contributed by atoms with van der Waals surface area (Å²) in [7, 11) is 0. The minimum atomic E-state index is 0.275. The second-order valence-corrected chi connectivity index (χ2v) is 6.28. The Kier molecular flexibility index (Phi) is 3.90. The lowest BCUT2D eigenvalue weighted by atomic mass is 9.94. The molecule has 0 bridgehead atoms. The van der Waals surface area contributed by atoms with Gasteiger partial charge in [-0.1, -0.05) is 12.1 Å². The molecule has 1 aliphatic rings. The first-order chi connectivity index (χ1) is 12.2. The number of carbonyl (C=O) groups excluding carboxylic acids is 1. The average molecular weight is 331 g/mol. The van der Waals surface area contributed by atoms with Crippen molar-refractivity contribution in [3.8, 4) is 17.3 Å². The minimum absolute atomic E-state index is 0.275. The number of nitriles is 1. The van der Waals surface area contributed by atoms with Crippen molar-refractivity contribution in [2.45, 2.75) is 31.7 Å². The van der Waals surface area contributed by atoms with E-state index in [-0.39, 0.29) is 6.04 Å². The highest BCUT2D eigenvalue weighted by Gasteiger charge is 2.19. The summed E-state index contributed by atoms with van der Waals surface area (Å²) in [6.45, 7) is 0. The number of fused-ring (bicyclic) bond motifs is 1. The van der Waals surface area contributed by atoms with Gasteiger partial charge < -0.3 is 5.32 Å². The summed E-state index contributed by atoms with van der Waals surface area (Å²) < 4.78 is 1.78. The SMILES string of the molecule is N#Cc1cccc(-c2cnc3ccc(NC4CCC(=O)CC4)nn23)c1. The molecule has 1 saturated carbocycles. The Bertz CT molecular complexity index is 975. The monoisotopic (exact) mass is 331 g/mol. The highest BCUT2D eigenvalue weighted by atomic mass is 16.1. The van der Waals surface area contributed by atoms with Crippen molar-refractivity contribution in [3.63, 3.8) is 0 Å². The summed E-state index contributed by atoms with van der Waals surface area (Å²) in [6.07, 6.45) is 4.73. The molecule has 6 nitrogen and oxygen atoms in total. The first-order valence-corrected chi connectivity index (χ1v) is 8.36. The van der Waals surface area contributed by atoms with Gasteiger partial charge in [-0.3, -0.25) is 4.79 Å². The number of benzene rings is 1. The van der Waals surface area contributed by atoms with Crippen LogP contribution in [-0.4, -0.2) is 26.4 Å². The molecule has 1 aromatic carbocycles. The lowest BCUT2D eigenvalue weighted by Crippen LogP contribution is -2.26. The minimum Gasteiger partial charge on any atom is -0.366 e. The molecule has 124 valence electrons. The van der Waals surface area contributed by atoms with Crippen molar-refractivity contribution < 1.29 is 4.79 Å². The van der Waals surface area contributed by atoms with Crippen LogP contribution in [0.15, 0.2) is 42.6 Å². The first-order valence-electron chi connectivity index (χ1n) is 8.36. The van der Waals surface area contributed by atoms with E-state index in [2.05, 4.69) is 21.5 Å². The van der Waals surface area contributed by atoms with Crippen LogP contribution in [0, 0.1) is 11.3 Å². The van der Waals surface area contributed by atoms with E-state index in [9.17, 15) is 4.79 Å². The zero-order valence-corrected chi connectivity index (χ0v) is 13.6. The largest absolute Gasteiger partial charge is 0.366 e. The summed E-state index contributed by atoms with van der Waals surface area (Å²) in [4.78, 5) is 15.8. The molecular formula is C19H17N5O. The number of Topliss-reactive ketones (excluding diaryl/α,β-unsaturated/α-hetero) is 1. The molecule has 0 spiro atoms. The molecule has 1 aliphatic carbocycles. The Morgan fingerprint density at radius 3 is 2.84 bits per heavy atom. The third-order valence-electron chi connectivity index (χ3n) is 4.55. The number of ketones is 1. The Morgan fingerprint density at radius 1 is 1.20 bits per heavy atom. The number of hydrogen-bond donors (Lipinski definition) is 1. The van der Waals surface area contributed by atoms with Crippen molar-refractivity contribution >= 4 is 17.2 Å². The molecule has 1 fully saturated rings. The van der Waals surface area contributed by atoms with Gasteiger partial charge in [0.25, 0.3) is 0 Å². The molecule has 4 rings (SSSR count). The van der Waals surface area contributed by atoms with Crippen LogP contribution in [-0.2, 0) is 4.79 Å². The smallest absolute Gasteiger partial charge is 0.154 e. The van der Waals surface area contributed by atoms with Crippen molar-refractivity contribution in [2.75, 3.05) is 5.32 Å². The fourth-order valence-electron chi connectivity index (χ4n) is 3.19. The number of nitrogens with one attached hydrogen (secondary N) is 1. The number of imidazole rings is 1. The second kappa shape index (κ2) is 6.36. The molecule has 2 heterocycles. The third kappa shape index (κ3) is 3.09. The van der Waals surface area contributed by atoms with Gasteiger partial charge in [0.1, 0.15) is 11.6 Å². The van der Waals surface area contributed by atoms with E-state index < -0.39 is 0 Å². The predicted molar refractivity (Wildman–Crippen MR) is 94.0 cm³/mol. The maximum Gasteiger partial charge on any atom is 0.154 e. The van der Waals surface area contributed by atoms with Crippen molar-refractivity contribution in [2.24, 2.45) is 0 Å². The molecule has 25 heavy (non-hydrogen) atoms. The Hall–Kier alpha value is -3.20. The van der Waals surface area contributed by atoms with Gasteiger partial charge >= 0.3 is 0 Å². The molecule has 0 saturated heterocycles. The fraction of sp³-hybridized carbons (Fsp3) is 0.263. The van der Waals surface area contributed by atoms with Crippen LogP contribution in [0.5, 0.6) is 0 Å². The molecule has 1 N–H and O–H groups in total. The average Bonchev–Trinajstić information content (AvgIpc) is 3.07. The van der Waals surface area contributed by atoms with E-state index in [1.165, 1.54) is 0 Å². The number of nitrogens with zero attached hydrogens (tertiary/aromatic N) is 4. The molecule has 2 aromatic heterocycles.